The fourth-order valence-electron chi connectivity index (χ4n) is 1.67. The second-order valence-corrected chi connectivity index (χ2v) is 4.85. The van der Waals surface area contributed by atoms with Gasteiger partial charge in [0.15, 0.2) is 0 Å². The Hall–Kier alpha value is -1.68. The van der Waals surface area contributed by atoms with Gasteiger partial charge in [-0.1, -0.05) is 25.1 Å². The van der Waals surface area contributed by atoms with Gasteiger partial charge >= 0.3 is 0 Å². The van der Waals surface area contributed by atoms with Crippen molar-refractivity contribution in [1.82, 2.24) is 4.98 Å². The van der Waals surface area contributed by atoms with Crippen LogP contribution in [0, 0.1) is 6.92 Å². The Morgan fingerprint density at radius 1 is 1.47 bits per heavy atom. The average molecular weight is 246 g/mol. The highest BCUT2D eigenvalue weighted by Gasteiger charge is 2.13. The van der Waals surface area contributed by atoms with Gasteiger partial charge in [-0.3, -0.25) is 4.79 Å². The van der Waals surface area contributed by atoms with Crippen LogP contribution >= 0.6 is 11.3 Å². The van der Waals surface area contributed by atoms with Crippen LogP contribution in [0.3, 0.4) is 0 Å². The van der Waals surface area contributed by atoms with Crippen molar-refractivity contribution in [1.29, 1.82) is 0 Å². The molecule has 2 aromatic rings. The van der Waals surface area contributed by atoms with Gasteiger partial charge in [0, 0.05) is 5.56 Å². The maximum Gasteiger partial charge on any atom is 0.260 e. The largest absolute Gasteiger partial charge is 0.365 e. The van der Waals surface area contributed by atoms with E-state index in [4.69, 9.17) is 5.73 Å². The van der Waals surface area contributed by atoms with Gasteiger partial charge in [0.25, 0.3) is 5.91 Å². The zero-order chi connectivity index (χ0) is 12.4. The summed E-state index contributed by atoms with van der Waals surface area (Å²) in [7, 11) is 0. The third-order valence-electron chi connectivity index (χ3n) is 2.60. The molecule has 0 fully saturated rings. The summed E-state index contributed by atoms with van der Waals surface area (Å²) < 4.78 is 0. The van der Waals surface area contributed by atoms with Gasteiger partial charge < -0.3 is 5.73 Å². The highest BCUT2D eigenvalue weighted by Crippen LogP contribution is 2.28. The van der Waals surface area contributed by atoms with E-state index in [2.05, 4.69) is 24.0 Å². The Labute approximate surface area is 104 Å². The molecule has 1 aromatic carbocycles. The predicted octanol–water partition coefficient (Wildman–Crippen LogP) is 2.78. The number of nitrogens with zero attached hydrogens (tertiary/aromatic N) is 1. The van der Waals surface area contributed by atoms with Gasteiger partial charge in [0.1, 0.15) is 9.88 Å². The molecule has 0 spiro atoms. The maximum atomic E-state index is 11.2. The molecule has 0 unspecified atom stereocenters. The minimum atomic E-state index is -0.405. The van der Waals surface area contributed by atoms with Gasteiger partial charge in [-0.2, -0.15) is 0 Å². The first-order chi connectivity index (χ1) is 8.11. The number of rotatable bonds is 3. The van der Waals surface area contributed by atoms with Crippen molar-refractivity contribution in [2.24, 2.45) is 5.73 Å². The summed E-state index contributed by atoms with van der Waals surface area (Å²) in [5.74, 6) is -0.405. The molecular weight excluding hydrogens is 232 g/mol. The molecule has 0 atom stereocenters. The van der Waals surface area contributed by atoms with E-state index in [0.717, 1.165) is 17.0 Å². The maximum absolute atomic E-state index is 11.2. The average Bonchev–Trinajstić information content (AvgIpc) is 2.71. The predicted molar refractivity (Wildman–Crippen MR) is 70.2 cm³/mol. The minimum absolute atomic E-state index is 0.405. The molecule has 2 rings (SSSR count). The van der Waals surface area contributed by atoms with Crippen LogP contribution in [0.5, 0.6) is 0 Å². The van der Waals surface area contributed by atoms with Crippen LogP contribution in [0.1, 0.15) is 27.9 Å². The molecule has 0 saturated carbocycles. The minimum Gasteiger partial charge on any atom is -0.365 e. The third-order valence-corrected chi connectivity index (χ3v) is 3.82. The van der Waals surface area contributed by atoms with Crippen molar-refractivity contribution < 1.29 is 4.79 Å². The molecule has 0 aliphatic heterocycles. The molecule has 0 radical (unpaired) electrons. The lowest BCUT2D eigenvalue weighted by Crippen LogP contribution is -2.09. The molecule has 0 aliphatic carbocycles. The molecule has 17 heavy (non-hydrogen) atoms. The molecule has 1 amide bonds. The van der Waals surface area contributed by atoms with Gasteiger partial charge in [-0.15, -0.1) is 11.3 Å². The number of primary amides is 1. The van der Waals surface area contributed by atoms with E-state index in [1.807, 2.05) is 19.1 Å². The van der Waals surface area contributed by atoms with Crippen molar-refractivity contribution >= 4 is 17.2 Å². The van der Waals surface area contributed by atoms with E-state index in [-0.39, 0.29) is 0 Å². The van der Waals surface area contributed by atoms with Crippen LogP contribution in [-0.2, 0) is 6.42 Å². The summed E-state index contributed by atoms with van der Waals surface area (Å²) in [4.78, 5) is 16.1. The van der Waals surface area contributed by atoms with E-state index < -0.39 is 5.91 Å². The molecule has 0 bridgehead atoms. The zero-order valence-electron chi connectivity index (χ0n) is 9.86. The third kappa shape index (κ3) is 2.36. The number of carbonyl (C=O) groups excluding carboxylic acids is 1. The first-order valence-corrected chi connectivity index (χ1v) is 6.30. The van der Waals surface area contributed by atoms with Crippen LogP contribution in [0.4, 0.5) is 0 Å². The number of amides is 1. The van der Waals surface area contributed by atoms with Crippen molar-refractivity contribution in [3.05, 3.63) is 40.4 Å². The van der Waals surface area contributed by atoms with Crippen molar-refractivity contribution in [3.63, 3.8) is 0 Å². The standard InChI is InChI=1S/C13H14N2OS/c1-3-9-5-4-6-10(7-9)13-15-8(2)11(17-13)12(14)16/h4-7H,3H2,1-2H3,(H2,14,16). The molecule has 1 heterocycles. The van der Waals surface area contributed by atoms with E-state index in [1.54, 1.807) is 0 Å². The van der Waals surface area contributed by atoms with Crippen LogP contribution < -0.4 is 5.73 Å². The summed E-state index contributed by atoms with van der Waals surface area (Å²) in [6, 6.07) is 8.19. The highest BCUT2D eigenvalue weighted by atomic mass is 32.1. The molecule has 4 heteroatoms. The lowest BCUT2D eigenvalue weighted by molar-refractivity contribution is 0.100. The van der Waals surface area contributed by atoms with E-state index in [1.165, 1.54) is 16.9 Å². The number of hydrogen-bond donors (Lipinski definition) is 1. The summed E-state index contributed by atoms with van der Waals surface area (Å²) in [6.07, 6.45) is 0.987. The van der Waals surface area contributed by atoms with E-state index in [9.17, 15) is 4.79 Å². The number of aryl methyl sites for hydroxylation is 2. The number of carbonyl (C=O) groups is 1. The number of benzene rings is 1. The van der Waals surface area contributed by atoms with Gasteiger partial charge in [0.2, 0.25) is 0 Å². The monoisotopic (exact) mass is 246 g/mol. The fourth-order valence-corrected chi connectivity index (χ4v) is 2.59. The van der Waals surface area contributed by atoms with Crippen molar-refractivity contribution in [3.8, 4) is 10.6 Å². The lowest BCUT2D eigenvalue weighted by Gasteiger charge is -1.99. The summed E-state index contributed by atoms with van der Waals surface area (Å²) in [6.45, 7) is 3.92. The normalized spacial score (nSPS) is 10.5. The Morgan fingerprint density at radius 3 is 2.82 bits per heavy atom. The van der Waals surface area contributed by atoms with Crippen LogP contribution in [0.15, 0.2) is 24.3 Å². The Balaban J connectivity index is 2.46. The van der Waals surface area contributed by atoms with Gasteiger partial charge in [-0.25, -0.2) is 4.98 Å². The quantitative estimate of drug-likeness (QED) is 0.905. The van der Waals surface area contributed by atoms with Crippen molar-refractivity contribution in [2.45, 2.75) is 20.3 Å². The number of aromatic nitrogens is 1. The molecule has 3 nitrogen and oxygen atoms in total. The van der Waals surface area contributed by atoms with Gasteiger partial charge in [0.05, 0.1) is 5.69 Å². The summed E-state index contributed by atoms with van der Waals surface area (Å²) >= 11 is 1.35. The number of thiazole rings is 1. The molecule has 88 valence electrons. The second-order valence-electron chi connectivity index (χ2n) is 3.85. The van der Waals surface area contributed by atoms with Crippen LogP contribution in [0.25, 0.3) is 10.6 Å². The zero-order valence-corrected chi connectivity index (χ0v) is 10.7. The van der Waals surface area contributed by atoms with Crippen molar-refractivity contribution in [2.75, 3.05) is 0 Å². The SMILES string of the molecule is CCc1cccc(-c2nc(C)c(C(N)=O)s2)c1. The molecule has 0 aliphatic rings. The smallest absolute Gasteiger partial charge is 0.260 e. The summed E-state index contributed by atoms with van der Waals surface area (Å²) in [5.41, 5.74) is 8.31. The lowest BCUT2D eigenvalue weighted by atomic mass is 10.1. The number of nitrogens with two attached hydrogens (primary N) is 1. The highest BCUT2D eigenvalue weighted by molar-refractivity contribution is 7.17. The first-order valence-electron chi connectivity index (χ1n) is 5.48. The Bertz CT molecular complexity index is 560. The number of hydrogen-bond acceptors (Lipinski definition) is 3. The molecular formula is C13H14N2OS. The van der Waals surface area contributed by atoms with Gasteiger partial charge in [-0.05, 0) is 25.0 Å². The van der Waals surface area contributed by atoms with E-state index >= 15 is 0 Å². The molecule has 1 aromatic heterocycles. The van der Waals surface area contributed by atoms with E-state index in [0.29, 0.717) is 10.6 Å². The molecule has 2 N–H and O–H groups in total. The van der Waals surface area contributed by atoms with Crippen LogP contribution in [0.2, 0.25) is 0 Å². The second kappa shape index (κ2) is 4.67. The molecule has 0 saturated heterocycles. The Morgan fingerprint density at radius 2 is 2.24 bits per heavy atom. The first kappa shape index (κ1) is 11.8. The Kier molecular flexibility index (Phi) is 3.24. The summed E-state index contributed by atoms with van der Waals surface area (Å²) in [5, 5.41) is 0.853. The topological polar surface area (TPSA) is 56.0 Å². The van der Waals surface area contributed by atoms with Crippen LogP contribution in [-0.4, -0.2) is 10.9 Å². The fraction of sp³-hybridized carbons (Fsp3) is 0.231.